The number of thiophene rings is 1. The topological polar surface area (TPSA) is 74.7 Å². The van der Waals surface area contributed by atoms with E-state index in [1.165, 1.54) is 16.2 Å². The van der Waals surface area contributed by atoms with E-state index in [0.717, 1.165) is 0 Å². The van der Waals surface area contributed by atoms with E-state index in [0.29, 0.717) is 23.3 Å². The molecular formula is C14H17NO4S2. The third-order valence-corrected chi connectivity index (χ3v) is 6.05. The molecule has 1 aliphatic heterocycles. The monoisotopic (exact) mass is 327 g/mol. The quantitative estimate of drug-likeness (QED) is 0.831. The van der Waals surface area contributed by atoms with Gasteiger partial charge in [0.15, 0.2) is 9.84 Å². The maximum Gasteiger partial charge on any atom is 0.265 e. The van der Waals surface area contributed by atoms with Crippen molar-refractivity contribution in [1.29, 1.82) is 0 Å². The van der Waals surface area contributed by atoms with Gasteiger partial charge in [0.25, 0.3) is 5.91 Å². The van der Waals surface area contributed by atoms with E-state index >= 15 is 0 Å². The molecule has 1 N–H and O–H groups in total. The van der Waals surface area contributed by atoms with Gasteiger partial charge in [-0.1, -0.05) is 11.8 Å². The maximum atomic E-state index is 12.5. The zero-order valence-electron chi connectivity index (χ0n) is 11.7. The normalized spacial score (nSPS) is 19.8. The molecule has 0 bridgehead atoms. The van der Waals surface area contributed by atoms with Crippen molar-refractivity contribution in [3.63, 3.8) is 0 Å². The van der Waals surface area contributed by atoms with E-state index < -0.39 is 9.84 Å². The molecule has 1 saturated heterocycles. The Morgan fingerprint density at radius 2 is 2.33 bits per heavy atom. The summed E-state index contributed by atoms with van der Waals surface area (Å²) >= 11 is 1.30. The Hall–Kier alpha value is -1.36. The lowest BCUT2D eigenvalue weighted by atomic mass is 10.2. The Balaban J connectivity index is 2.14. The first-order valence-corrected chi connectivity index (χ1v) is 9.29. The number of aliphatic hydroxyl groups excluding tert-OH is 1. The third-order valence-electron chi connectivity index (χ3n) is 3.40. The summed E-state index contributed by atoms with van der Waals surface area (Å²) in [6.07, 6.45) is 0.849. The molecule has 0 aromatic carbocycles. The number of amides is 1. The van der Waals surface area contributed by atoms with Crippen LogP contribution in [0.25, 0.3) is 0 Å². The van der Waals surface area contributed by atoms with Crippen LogP contribution in [-0.4, -0.2) is 55.5 Å². The molecule has 1 unspecified atom stereocenters. The van der Waals surface area contributed by atoms with Crippen molar-refractivity contribution in [2.45, 2.75) is 18.9 Å². The van der Waals surface area contributed by atoms with Gasteiger partial charge in [0.05, 0.1) is 18.1 Å². The summed E-state index contributed by atoms with van der Waals surface area (Å²) in [5.41, 5.74) is 0.631. The van der Waals surface area contributed by atoms with Crippen molar-refractivity contribution in [2.24, 2.45) is 0 Å². The lowest BCUT2D eigenvalue weighted by molar-refractivity contribution is 0.0752. The molecule has 1 aliphatic rings. The summed E-state index contributed by atoms with van der Waals surface area (Å²) in [4.78, 5) is 14.5. The number of sulfone groups is 1. The van der Waals surface area contributed by atoms with Crippen LogP contribution in [0.2, 0.25) is 0 Å². The summed E-state index contributed by atoms with van der Waals surface area (Å²) < 4.78 is 23.0. The molecule has 0 radical (unpaired) electrons. The summed E-state index contributed by atoms with van der Waals surface area (Å²) in [5, 5.41) is 10.5. The molecule has 1 amide bonds. The molecule has 1 fully saturated rings. The molecule has 1 atom stereocenters. The van der Waals surface area contributed by atoms with Crippen LogP contribution >= 0.6 is 11.3 Å². The number of nitrogens with zero attached hydrogens (tertiary/aromatic N) is 1. The molecule has 114 valence electrons. The highest BCUT2D eigenvalue weighted by atomic mass is 32.2. The maximum absolute atomic E-state index is 12.5. The Kier molecular flexibility index (Phi) is 5.04. The summed E-state index contributed by atoms with van der Waals surface area (Å²) in [6.45, 7) is -0.0136. The van der Waals surface area contributed by atoms with Gasteiger partial charge in [0.2, 0.25) is 0 Å². The number of aliphatic hydroxyl groups is 1. The first-order chi connectivity index (χ1) is 9.94. The van der Waals surface area contributed by atoms with Crippen LogP contribution in [0.4, 0.5) is 0 Å². The van der Waals surface area contributed by atoms with Crippen molar-refractivity contribution in [3.05, 3.63) is 21.9 Å². The highest BCUT2D eigenvalue weighted by Gasteiger charge is 2.33. The molecule has 1 aromatic rings. The fraction of sp³-hybridized carbons (Fsp3) is 0.500. The van der Waals surface area contributed by atoms with Gasteiger partial charge in [0.1, 0.15) is 4.88 Å². The first-order valence-electron chi connectivity index (χ1n) is 6.59. The molecule has 21 heavy (non-hydrogen) atoms. The summed E-state index contributed by atoms with van der Waals surface area (Å²) in [5.74, 6) is 5.65. The van der Waals surface area contributed by atoms with E-state index in [1.54, 1.807) is 18.5 Å². The van der Waals surface area contributed by atoms with Gasteiger partial charge in [-0.25, -0.2) is 8.42 Å². The van der Waals surface area contributed by atoms with Crippen molar-refractivity contribution in [3.8, 4) is 11.8 Å². The summed E-state index contributed by atoms with van der Waals surface area (Å²) in [6, 6.07) is 1.50. The van der Waals surface area contributed by atoms with Crippen molar-refractivity contribution < 1.29 is 18.3 Å². The SMILES string of the molecule is CN(C(=O)c1sccc1C#CCCO)C1CCS(=O)(=O)C1. The second-order valence-electron chi connectivity index (χ2n) is 4.91. The number of rotatable bonds is 3. The Morgan fingerprint density at radius 3 is 2.95 bits per heavy atom. The number of hydrogen-bond acceptors (Lipinski definition) is 5. The van der Waals surface area contributed by atoms with Gasteiger partial charge in [0, 0.05) is 25.1 Å². The van der Waals surface area contributed by atoms with Crippen LogP contribution in [0, 0.1) is 11.8 Å². The van der Waals surface area contributed by atoms with Crippen LogP contribution in [0.15, 0.2) is 11.4 Å². The second-order valence-corrected chi connectivity index (χ2v) is 8.06. The van der Waals surface area contributed by atoms with Crippen LogP contribution in [0.3, 0.4) is 0 Å². The van der Waals surface area contributed by atoms with Crippen LogP contribution in [0.1, 0.15) is 28.1 Å². The molecule has 0 aliphatic carbocycles. The molecule has 5 nitrogen and oxygen atoms in total. The molecule has 0 saturated carbocycles. The van der Waals surface area contributed by atoms with Gasteiger partial charge in [-0.2, -0.15) is 0 Å². The zero-order chi connectivity index (χ0) is 15.5. The standard InChI is InChI=1S/C14H17NO4S2/c1-15(12-6-9-21(18,19)10-12)14(17)13-11(5-8-20-13)4-2-3-7-16/h5,8,12,16H,3,6-7,9-10H2,1H3. The molecule has 2 rings (SSSR count). The predicted molar refractivity (Wildman–Crippen MR) is 82.1 cm³/mol. The fourth-order valence-electron chi connectivity index (χ4n) is 2.19. The molecule has 7 heteroatoms. The fourth-order valence-corrected chi connectivity index (χ4v) is 4.80. The molecule has 0 spiro atoms. The molecule has 1 aromatic heterocycles. The van der Waals surface area contributed by atoms with Gasteiger partial charge < -0.3 is 10.0 Å². The van der Waals surface area contributed by atoms with Crippen LogP contribution in [0.5, 0.6) is 0 Å². The van der Waals surface area contributed by atoms with E-state index in [9.17, 15) is 13.2 Å². The average molecular weight is 327 g/mol. The Bertz CT molecular complexity index is 681. The van der Waals surface area contributed by atoms with Crippen molar-refractivity contribution >= 4 is 27.1 Å². The van der Waals surface area contributed by atoms with Gasteiger partial charge in [-0.05, 0) is 17.9 Å². The minimum atomic E-state index is -3.02. The summed E-state index contributed by atoms with van der Waals surface area (Å²) in [7, 11) is -1.38. The Morgan fingerprint density at radius 1 is 1.57 bits per heavy atom. The number of carbonyl (C=O) groups is 1. The van der Waals surface area contributed by atoms with Gasteiger partial charge in [-0.3, -0.25) is 4.79 Å². The minimum Gasteiger partial charge on any atom is -0.395 e. The van der Waals surface area contributed by atoms with Crippen molar-refractivity contribution in [2.75, 3.05) is 25.2 Å². The van der Waals surface area contributed by atoms with Crippen molar-refractivity contribution in [1.82, 2.24) is 4.90 Å². The van der Waals surface area contributed by atoms with Crippen LogP contribution < -0.4 is 0 Å². The highest BCUT2D eigenvalue weighted by molar-refractivity contribution is 7.91. The lowest BCUT2D eigenvalue weighted by Gasteiger charge is -2.22. The average Bonchev–Trinajstić information content (AvgIpc) is 3.04. The first kappa shape index (κ1) is 16.0. The minimum absolute atomic E-state index is 0.0136. The van der Waals surface area contributed by atoms with E-state index in [-0.39, 0.29) is 30.1 Å². The Labute approximate surface area is 128 Å². The smallest absolute Gasteiger partial charge is 0.265 e. The lowest BCUT2D eigenvalue weighted by Crippen LogP contribution is -2.37. The van der Waals surface area contributed by atoms with E-state index in [2.05, 4.69) is 11.8 Å². The van der Waals surface area contributed by atoms with Gasteiger partial charge in [-0.15, -0.1) is 11.3 Å². The third kappa shape index (κ3) is 3.84. The zero-order valence-corrected chi connectivity index (χ0v) is 13.3. The highest BCUT2D eigenvalue weighted by Crippen LogP contribution is 2.22. The predicted octanol–water partition coefficient (Wildman–Crippen LogP) is 0.741. The number of carbonyl (C=O) groups excluding carboxylic acids is 1. The van der Waals surface area contributed by atoms with E-state index in [1.807, 2.05) is 0 Å². The molecular weight excluding hydrogens is 310 g/mol. The van der Waals surface area contributed by atoms with E-state index in [4.69, 9.17) is 5.11 Å². The molecule has 2 heterocycles. The largest absolute Gasteiger partial charge is 0.395 e. The second kappa shape index (κ2) is 6.60. The number of hydrogen-bond donors (Lipinski definition) is 1. The van der Waals surface area contributed by atoms with Gasteiger partial charge >= 0.3 is 0 Å². The van der Waals surface area contributed by atoms with Crippen LogP contribution in [-0.2, 0) is 9.84 Å².